The topological polar surface area (TPSA) is 67.8 Å². The molecule has 0 aromatic carbocycles. The second-order valence-electron chi connectivity index (χ2n) is 3.86. The van der Waals surface area contributed by atoms with Crippen LogP contribution >= 0.6 is 11.8 Å². The lowest BCUT2D eigenvalue weighted by molar-refractivity contribution is 0.127. The molecule has 15 heavy (non-hydrogen) atoms. The van der Waals surface area contributed by atoms with E-state index in [-0.39, 0.29) is 0 Å². The van der Waals surface area contributed by atoms with Crippen molar-refractivity contribution in [2.24, 2.45) is 10.9 Å². The molecule has 88 valence electrons. The zero-order valence-electron chi connectivity index (χ0n) is 9.35. The average Bonchev–Trinajstić information content (AvgIpc) is 2.63. The molecule has 5 heteroatoms. The van der Waals surface area contributed by atoms with E-state index in [1.54, 1.807) is 0 Å². The van der Waals surface area contributed by atoms with E-state index in [2.05, 4.69) is 19.0 Å². The Morgan fingerprint density at radius 3 is 2.93 bits per heavy atom. The van der Waals surface area contributed by atoms with Gasteiger partial charge in [0.2, 0.25) is 0 Å². The molecule has 3 atom stereocenters. The van der Waals surface area contributed by atoms with Gasteiger partial charge in [-0.1, -0.05) is 12.1 Å². The monoisotopic (exact) mass is 232 g/mol. The maximum Gasteiger partial charge on any atom is 0.140 e. The summed E-state index contributed by atoms with van der Waals surface area (Å²) in [6.07, 6.45) is 3.13. The third-order valence-corrected chi connectivity index (χ3v) is 4.55. The average molecular weight is 232 g/mol. The van der Waals surface area contributed by atoms with E-state index in [9.17, 15) is 0 Å². The Hall–Kier alpha value is -0.420. The fourth-order valence-corrected chi connectivity index (χ4v) is 3.19. The largest absolute Gasteiger partial charge is 0.409 e. The first-order valence-electron chi connectivity index (χ1n) is 5.40. The highest BCUT2D eigenvalue weighted by Crippen LogP contribution is 2.32. The second-order valence-corrected chi connectivity index (χ2v) is 5.41. The Morgan fingerprint density at radius 2 is 2.47 bits per heavy atom. The van der Waals surface area contributed by atoms with Crippen LogP contribution in [0, 0.1) is 0 Å². The van der Waals surface area contributed by atoms with E-state index in [4.69, 9.17) is 15.7 Å². The SMILES string of the molecule is CCC(CC(N)=NO)SC1CCOC1C. The summed E-state index contributed by atoms with van der Waals surface area (Å²) in [7, 11) is 0. The van der Waals surface area contributed by atoms with Crippen LogP contribution in [0.5, 0.6) is 0 Å². The van der Waals surface area contributed by atoms with Gasteiger partial charge in [0.1, 0.15) is 5.84 Å². The van der Waals surface area contributed by atoms with Gasteiger partial charge in [-0.25, -0.2) is 0 Å². The van der Waals surface area contributed by atoms with Crippen LogP contribution in [0.2, 0.25) is 0 Å². The van der Waals surface area contributed by atoms with E-state index < -0.39 is 0 Å². The van der Waals surface area contributed by atoms with E-state index in [0.29, 0.717) is 28.9 Å². The first-order valence-corrected chi connectivity index (χ1v) is 6.35. The van der Waals surface area contributed by atoms with Gasteiger partial charge in [0.25, 0.3) is 0 Å². The van der Waals surface area contributed by atoms with Crippen LogP contribution < -0.4 is 5.73 Å². The molecule has 1 aliphatic heterocycles. The summed E-state index contributed by atoms with van der Waals surface area (Å²) < 4.78 is 5.51. The summed E-state index contributed by atoms with van der Waals surface area (Å²) in [6, 6.07) is 0. The smallest absolute Gasteiger partial charge is 0.140 e. The summed E-state index contributed by atoms with van der Waals surface area (Å²) in [6.45, 7) is 5.10. The minimum Gasteiger partial charge on any atom is -0.409 e. The van der Waals surface area contributed by atoms with Gasteiger partial charge < -0.3 is 15.7 Å². The number of oxime groups is 1. The van der Waals surface area contributed by atoms with Crippen LogP contribution in [0.25, 0.3) is 0 Å². The van der Waals surface area contributed by atoms with Crippen molar-refractivity contribution in [3.63, 3.8) is 0 Å². The van der Waals surface area contributed by atoms with Gasteiger partial charge in [-0.05, 0) is 19.8 Å². The van der Waals surface area contributed by atoms with Gasteiger partial charge >= 0.3 is 0 Å². The van der Waals surface area contributed by atoms with Crippen molar-refractivity contribution in [1.82, 2.24) is 0 Å². The number of thioether (sulfide) groups is 1. The fourth-order valence-electron chi connectivity index (χ4n) is 1.70. The molecule has 0 radical (unpaired) electrons. The minimum absolute atomic E-state index is 0.320. The van der Waals surface area contributed by atoms with Crippen LogP contribution in [0.4, 0.5) is 0 Å². The number of nitrogens with two attached hydrogens (primary N) is 1. The molecule has 0 aromatic rings. The highest BCUT2D eigenvalue weighted by molar-refractivity contribution is 8.00. The van der Waals surface area contributed by atoms with E-state index in [1.807, 2.05) is 11.8 Å². The highest BCUT2D eigenvalue weighted by Gasteiger charge is 2.27. The van der Waals surface area contributed by atoms with Crippen molar-refractivity contribution in [2.45, 2.75) is 49.7 Å². The molecule has 4 nitrogen and oxygen atoms in total. The number of rotatable bonds is 5. The Balaban J connectivity index is 2.39. The van der Waals surface area contributed by atoms with E-state index >= 15 is 0 Å². The maximum atomic E-state index is 8.52. The molecule has 0 spiro atoms. The number of ether oxygens (including phenoxy) is 1. The molecule has 0 aliphatic carbocycles. The number of amidine groups is 1. The van der Waals surface area contributed by atoms with Crippen LogP contribution in [0.15, 0.2) is 5.16 Å². The Bertz CT molecular complexity index is 223. The Labute approximate surface area is 95.2 Å². The summed E-state index contributed by atoms with van der Waals surface area (Å²) in [5, 5.41) is 12.5. The molecule has 1 saturated heterocycles. The normalized spacial score (nSPS) is 29.3. The summed E-state index contributed by atoms with van der Waals surface area (Å²) in [5.74, 6) is 0.320. The molecule has 1 fully saturated rings. The van der Waals surface area contributed by atoms with Crippen LogP contribution in [0.1, 0.15) is 33.1 Å². The van der Waals surface area contributed by atoms with Crippen molar-refractivity contribution < 1.29 is 9.94 Å². The zero-order valence-corrected chi connectivity index (χ0v) is 10.2. The van der Waals surface area contributed by atoms with Crippen LogP contribution in [0.3, 0.4) is 0 Å². The summed E-state index contributed by atoms with van der Waals surface area (Å²) in [4.78, 5) is 0. The predicted molar refractivity (Wildman–Crippen MR) is 63.5 cm³/mol. The van der Waals surface area contributed by atoms with Crippen LogP contribution in [-0.2, 0) is 4.74 Å². The van der Waals surface area contributed by atoms with Crippen molar-refractivity contribution in [3.8, 4) is 0 Å². The zero-order chi connectivity index (χ0) is 11.3. The molecule has 1 heterocycles. The molecule has 1 rings (SSSR count). The third kappa shape index (κ3) is 3.91. The second kappa shape index (κ2) is 6.23. The highest BCUT2D eigenvalue weighted by atomic mass is 32.2. The lowest BCUT2D eigenvalue weighted by atomic mass is 10.2. The van der Waals surface area contributed by atoms with E-state index in [1.165, 1.54) is 0 Å². The van der Waals surface area contributed by atoms with Gasteiger partial charge in [-0.15, -0.1) is 0 Å². The van der Waals surface area contributed by atoms with E-state index in [0.717, 1.165) is 19.4 Å². The van der Waals surface area contributed by atoms with Crippen molar-refractivity contribution >= 4 is 17.6 Å². The first-order chi connectivity index (χ1) is 7.17. The molecule has 3 unspecified atom stereocenters. The van der Waals surface area contributed by atoms with Crippen LogP contribution in [-0.4, -0.2) is 34.3 Å². The van der Waals surface area contributed by atoms with Crippen molar-refractivity contribution in [2.75, 3.05) is 6.61 Å². The van der Waals surface area contributed by atoms with Crippen molar-refractivity contribution in [1.29, 1.82) is 0 Å². The van der Waals surface area contributed by atoms with Gasteiger partial charge in [0.15, 0.2) is 0 Å². The lowest BCUT2D eigenvalue weighted by Crippen LogP contribution is -2.22. The molecule has 0 aromatic heterocycles. The standard InChI is InChI=1S/C10H20N2O2S/c1-3-8(6-10(11)12-13)15-9-4-5-14-7(9)2/h7-9,13H,3-6H2,1-2H3,(H2,11,12). The minimum atomic E-state index is 0.320. The van der Waals surface area contributed by atoms with Gasteiger partial charge in [-0.3, -0.25) is 0 Å². The predicted octanol–water partition coefficient (Wildman–Crippen LogP) is 1.81. The lowest BCUT2D eigenvalue weighted by Gasteiger charge is -2.20. The fraction of sp³-hybridized carbons (Fsp3) is 0.900. The maximum absolute atomic E-state index is 8.52. The van der Waals surface area contributed by atoms with Gasteiger partial charge in [-0.2, -0.15) is 11.8 Å². The number of nitrogens with zero attached hydrogens (tertiary/aromatic N) is 1. The Kier molecular flexibility index (Phi) is 5.25. The van der Waals surface area contributed by atoms with Gasteiger partial charge in [0, 0.05) is 23.5 Å². The summed E-state index contributed by atoms with van der Waals surface area (Å²) >= 11 is 1.91. The van der Waals surface area contributed by atoms with Gasteiger partial charge in [0.05, 0.1) is 6.10 Å². The number of hydrogen-bond acceptors (Lipinski definition) is 4. The molecule has 0 bridgehead atoms. The molecule has 1 aliphatic rings. The van der Waals surface area contributed by atoms with Crippen molar-refractivity contribution in [3.05, 3.63) is 0 Å². The molecule has 3 N–H and O–H groups in total. The first kappa shape index (κ1) is 12.6. The number of hydrogen-bond donors (Lipinski definition) is 2. The summed E-state index contributed by atoms with van der Waals surface area (Å²) in [5.41, 5.74) is 5.51. The molecular weight excluding hydrogens is 212 g/mol. The quantitative estimate of drug-likeness (QED) is 0.328. The third-order valence-electron chi connectivity index (χ3n) is 2.69. The Morgan fingerprint density at radius 1 is 1.73 bits per heavy atom. The molecular formula is C10H20N2O2S. The molecule has 0 amide bonds. The molecule has 0 saturated carbocycles.